The van der Waals surface area contributed by atoms with Crippen molar-refractivity contribution in [3.8, 4) is 0 Å². The molecule has 30 heavy (non-hydrogen) atoms. The molecule has 0 bridgehead atoms. The molecule has 0 radical (unpaired) electrons. The molecule has 1 aliphatic rings. The third-order valence-electron chi connectivity index (χ3n) is 5.81. The lowest BCUT2D eigenvalue weighted by atomic mass is 10.1. The zero-order chi connectivity index (χ0) is 21.3. The minimum Gasteiger partial charge on any atom is -0.352 e. The lowest BCUT2D eigenvalue weighted by Gasteiger charge is -2.30. The van der Waals surface area contributed by atoms with Crippen molar-refractivity contribution >= 4 is 23.6 Å². The summed E-state index contributed by atoms with van der Waals surface area (Å²) in [7, 11) is 0. The molecule has 0 heterocycles. The van der Waals surface area contributed by atoms with Crippen LogP contribution < -0.4 is 5.32 Å². The van der Waals surface area contributed by atoms with Crippen molar-refractivity contribution in [2.24, 2.45) is 0 Å². The van der Waals surface area contributed by atoms with Crippen LogP contribution in [0.25, 0.3) is 0 Å². The van der Waals surface area contributed by atoms with Gasteiger partial charge in [-0.25, -0.2) is 0 Å². The second kappa shape index (κ2) is 11.2. The second-order valence-electron chi connectivity index (χ2n) is 8.09. The Labute approximate surface area is 184 Å². The first-order chi connectivity index (χ1) is 14.5. The van der Waals surface area contributed by atoms with E-state index >= 15 is 0 Å². The van der Waals surface area contributed by atoms with E-state index in [0.29, 0.717) is 12.3 Å². The average molecular weight is 425 g/mol. The summed E-state index contributed by atoms with van der Waals surface area (Å²) < 4.78 is 0. The number of carbonyl (C=O) groups is 2. The normalized spacial score (nSPS) is 15.0. The summed E-state index contributed by atoms with van der Waals surface area (Å²) in [5.41, 5.74) is 3.42. The van der Waals surface area contributed by atoms with Crippen molar-refractivity contribution in [3.63, 3.8) is 0 Å². The van der Waals surface area contributed by atoms with Crippen molar-refractivity contribution < 1.29 is 9.59 Å². The van der Waals surface area contributed by atoms with E-state index in [1.807, 2.05) is 56.3 Å². The molecule has 160 valence electrons. The van der Waals surface area contributed by atoms with Crippen molar-refractivity contribution in [3.05, 3.63) is 71.3 Å². The Kier molecular flexibility index (Phi) is 8.38. The van der Waals surface area contributed by atoms with Gasteiger partial charge < -0.3 is 10.2 Å². The van der Waals surface area contributed by atoms with Gasteiger partial charge in [0.2, 0.25) is 11.8 Å². The molecule has 2 aromatic rings. The molecular weight excluding hydrogens is 392 g/mol. The van der Waals surface area contributed by atoms with Crippen LogP contribution in [0.3, 0.4) is 0 Å². The molecular formula is C25H32N2O2S. The van der Waals surface area contributed by atoms with E-state index in [1.165, 1.54) is 18.4 Å². The molecule has 1 aliphatic carbocycles. The van der Waals surface area contributed by atoms with Crippen LogP contribution >= 0.6 is 11.8 Å². The molecule has 0 saturated heterocycles. The fraction of sp³-hybridized carbons (Fsp3) is 0.440. The van der Waals surface area contributed by atoms with Crippen LogP contribution in [0.5, 0.6) is 0 Å². The molecule has 0 spiro atoms. The fourth-order valence-corrected chi connectivity index (χ4v) is 4.73. The van der Waals surface area contributed by atoms with Gasteiger partial charge >= 0.3 is 0 Å². The molecule has 1 saturated carbocycles. The molecule has 1 N–H and O–H groups in total. The Balaban J connectivity index is 1.66. The van der Waals surface area contributed by atoms with Crippen molar-refractivity contribution in [2.45, 2.75) is 63.9 Å². The minimum absolute atomic E-state index is 0.00764. The van der Waals surface area contributed by atoms with Gasteiger partial charge in [0.25, 0.3) is 0 Å². The fourth-order valence-electron chi connectivity index (χ4n) is 3.86. The van der Waals surface area contributed by atoms with Crippen LogP contribution in [0.4, 0.5) is 0 Å². The standard InChI is InChI=1S/C25H32N2O2S/c1-19-10-6-7-13-22(19)16-27(20(2)25(29)26-23-14-8-9-15-23)24(28)18-30-17-21-11-4-3-5-12-21/h3-7,10-13,20,23H,8-9,14-18H2,1-2H3,(H,26,29). The molecule has 1 atom stereocenters. The number of amides is 2. The number of benzene rings is 2. The van der Waals surface area contributed by atoms with E-state index in [1.54, 1.807) is 16.7 Å². The van der Waals surface area contributed by atoms with Gasteiger partial charge in [0.1, 0.15) is 6.04 Å². The summed E-state index contributed by atoms with van der Waals surface area (Å²) in [5, 5.41) is 3.16. The van der Waals surface area contributed by atoms with E-state index in [4.69, 9.17) is 0 Å². The predicted octanol–water partition coefficient (Wildman–Crippen LogP) is 4.70. The van der Waals surface area contributed by atoms with Crippen molar-refractivity contribution in [2.75, 3.05) is 5.75 Å². The zero-order valence-electron chi connectivity index (χ0n) is 18.0. The number of hydrogen-bond acceptors (Lipinski definition) is 3. The zero-order valence-corrected chi connectivity index (χ0v) is 18.8. The summed E-state index contributed by atoms with van der Waals surface area (Å²) >= 11 is 1.60. The van der Waals surface area contributed by atoms with Crippen LogP contribution in [-0.4, -0.2) is 34.6 Å². The highest BCUT2D eigenvalue weighted by atomic mass is 32.2. The highest BCUT2D eigenvalue weighted by molar-refractivity contribution is 7.99. The topological polar surface area (TPSA) is 49.4 Å². The van der Waals surface area contributed by atoms with Crippen LogP contribution in [0.2, 0.25) is 0 Å². The van der Waals surface area contributed by atoms with Crippen LogP contribution in [-0.2, 0) is 21.9 Å². The summed E-state index contributed by atoms with van der Waals surface area (Å²) in [6, 6.07) is 18.0. The molecule has 3 rings (SSSR count). The quantitative estimate of drug-likeness (QED) is 0.634. The smallest absolute Gasteiger partial charge is 0.242 e. The monoisotopic (exact) mass is 424 g/mol. The Hall–Kier alpha value is -2.27. The maximum absolute atomic E-state index is 13.2. The minimum atomic E-state index is -0.491. The largest absolute Gasteiger partial charge is 0.352 e. The summed E-state index contributed by atoms with van der Waals surface area (Å²) in [4.78, 5) is 27.8. The molecule has 0 aliphatic heterocycles. The maximum atomic E-state index is 13.2. The molecule has 2 aromatic carbocycles. The number of hydrogen-bond donors (Lipinski definition) is 1. The van der Waals surface area contributed by atoms with E-state index in [0.717, 1.165) is 29.7 Å². The highest BCUT2D eigenvalue weighted by Gasteiger charge is 2.28. The van der Waals surface area contributed by atoms with Gasteiger partial charge in [0, 0.05) is 18.3 Å². The maximum Gasteiger partial charge on any atom is 0.242 e. The number of thioether (sulfide) groups is 1. The Morgan fingerprint density at radius 1 is 1.07 bits per heavy atom. The molecule has 1 fully saturated rings. The molecule has 2 amide bonds. The number of aryl methyl sites for hydroxylation is 1. The summed E-state index contributed by atoms with van der Waals surface area (Å²) in [6.07, 6.45) is 4.41. The van der Waals surface area contributed by atoms with Crippen LogP contribution in [0.1, 0.15) is 49.3 Å². The number of carbonyl (C=O) groups excluding carboxylic acids is 2. The Morgan fingerprint density at radius 2 is 1.73 bits per heavy atom. The molecule has 0 aromatic heterocycles. The van der Waals surface area contributed by atoms with Gasteiger partial charge in [-0.05, 0) is 43.4 Å². The summed E-state index contributed by atoms with van der Waals surface area (Å²) in [5.74, 6) is 1.11. The lowest BCUT2D eigenvalue weighted by Crippen LogP contribution is -2.50. The Morgan fingerprint density at radius 3 is 2.43 bits per heavy atom. The van der Waals surface area contributed by atoms with Gasteiger partial charge in [-0.2, -0.15) is 0 Å². The molecule has 4 nitrogen and oxygen atoms in total. The van der Waals surface area contributed by atoms with Gasteiger partial charge in [0.15, 0.2) is 0 Å². The van der Waals surface area contributed by atoms with E-state index in [9.17, 15) is 9.59 Å². The van der Waals surface area contributed by atoms with Crippen molar-refractivity contribution in [1.82, 2.24) is 10.2 Å². The van der Waals surface area contributed by atoms with Crippen LogP contribution in [0.15, 0.2) is 54.6 Å². The Bertz CT molecular complexity index is 834. The lowest BCUT2D eigenvalue weighted by molar-refractivity contribution is -0.139. The summed E-state index contributed by atoms with van der Waals surface area (Å²) in [6.45, 7) is 4.35. The van der Waals surface area contributed by atoms with E-state index < -0.39 is 6.04 Å². The van der Waals surface area contributed by atoms with Crippen molar-refractivity contribution in [1.29, 1.82) is 0 Å². The van der Waals surface area contributed by atoms with Gasteiger partial charge in [-0.3, -0.25) is 9.59 Å². The van der Waals surface area contributed by atoms with Gasteiger partial charge in [-0.1, -0.05) is 67.4 Å². The number of rotatable bonds is 9. The molecule has 1 unspecified atom stereocenters. The first-order valence-corrected chi connectivity index (χ1v) is 12.0. The third kappa shape index (κ3) is 6.36. The average Bonchev–Trinajstić information content (AvgIpc) is 3.26. The van der Waals surface area contributed by atoms with Crippen LogP contribution in [0, 0.1) is 6.92 Å². The highest BCUT2D eigenvalue weighted by Crippen LogP contribution is 2.20. The second-order valence-corrected chi connectivity index (χ2v) is 9.08. The first kappa shape index (κ1) is 22.4. The van der Waals surface area contributed by atoms with Gasteiger partial charge in [-0.15, -0.1) is 11.8 Å². The molecule has 5 heteroatoms. The predicted molar refractivity (Wildman–Crippen MR) is 124 cm³/mol. The number of nitrogens with zero attached hydrogens (tertiary/aromatic N) is 1. The van der Waals surface area contributed by atoms with Gasteiger partial charge in [0.05, 0.1) is 5.75 Å². The van der Waals surface area contributed by atoms with E-state index in [-0.39, 0.29) is 17.9 Å². The first-order valence-electron chi connectivity index (χ1n) is 10.8. The SMILES string of the molecule is Cc1ccccc1CN(C(=O)CSCc1ccccc1)C(C)C(=O)NC1CCCC1. The van der Waals surface area contributed by atoms with E-state index in [2.05, 4.69) is 17.4 Å². The third-order valence-corrected chi connectivity index (χ3v) is 6.80. The number of nitrogens with one attached hydrogen (secondary N) is 1.